The second-order valence-electron chi connectivity index (χ2n) is 5.75. The summed E-state index contributed by atoms with van der Waals surface area (Å²) in [5.41, 5.74) is 1.01. The van der Waals surface area contributed by atoms with E-state index in [1.807, 2.05) is 19.1 Å². The first kappa shape index (κ1) is 17.6. The van der Waals surface area contributed by atoms with Gasteiger partial charge in [0.25, 0.3) is 5.56 Å². The van der Waals surface area contributed by atoms with E-state index >= 15 is 0 Å². The van der Waals surface area contributed by atoms with Gasteiger partial charge in [0.15, 0.2) is 11.3 Å². The number of aromatic nitrogens is 3. The number of nitrogens with one attached hydrogen (secondary N) is 1. The third-order valence-electron chi connectivity index (χ3n) is 3.78. The highest BCUT2D eigenvalue weighted by atomic mass is 79.9. The van der Waals surface area contributed by atoms with Crippen LogP contribution >= 0.6 is 27.3 Å². The summed E-state index contributed by atoms with van der Waals surface area (Å²) in [6.45, 7) is 1.59. The van der Waals surface area contributed by atoms with Crippen LogP contribution in [0.2, 0.25) is 0 Å². The topological polar surface area (TPSA) is 90.0 Å². The largest absolute Gasteiger partial charge is 0.463 e. The molecule has 0 aliphatic rings. The van der Waals surface area contributed by atoms with Crippen LogP contribution in [0.25, 0.3) is 21.7 Å². The highest BCUT2D eigenvalue weighted by molar-refractivity contribution is 9.10. The van der Waals surface area contributed by atoms with Gasteiger partial charge in [-0.05, 0) is 43.3 Å². The van der Waals surface area contributed by atoms with E-state index < -0.39 is 5.56 Å². The first-order valence-corrected chi connectivity index (χ1v) is 9.60. The number of nitrogens with zero attached hydrogens (tertiary/aromatic N) is 3. The Balaban J connectivity index is 1.71. The zero-order valence-corrected chi connectivity index (χ0v) is 16.5. The monoisotopic (exact) mass is 444 g/mol. The first-order chi connectivity index (χ1) is 13.0. The summed E-state index contributed by atoms with van der Waals surface area (Å²) in [7, 11) is 0. The summed E-state index contributed by atoms with van der Waals surface area (Å²) in [4.78, 5) is 29.4. The lowest BCUT2D eigenvalue weighted by Gasteiger charge is -2.08. The van der Waals surface area contributed by atoms with E-state index in [-0.39, 0.29) is 18.0 Å². The van der Waals surface area contributed by atoms with Gasteiger partial charge >= 0.3 is 0 Å². The molecule has 1 N–H and O–H groups in total. The molecule has 136 valence electrons. The summed E-state index contributed by atoms with van der Waals surface area (Å²) in [5, 5.41) is 7.86. The minimum atomic E-state index is -0.407. The maximum absolute atomic E-state index is 12.7. The number of aryl methyl sites for hydroxylation is 1. The zero-order chi connectivity index (χ0) is 19.0. The number of hydrogen-bond donors (Lipinski definition) is 1. The second-order valence-corrected chi connectivity index (χ2v) is 7.87. The van der Waals surface area contributed by atoms with Crippen molar-refractivity contribution in [3.63, 3.8) is 0 Å². The number of rotatable bonds is 4. The highest BCUT2D eigenvalue weighted by Crippen LogP contribution is 2.29. The molecule has 3 aromatic heterocycles. The van der Waals surface area contributed by atoms with Crippen molar-refractivity contribution < 1.29 is 9.21 Å². The van der Waals surface area contributed by atoms with E-state index in [0.29, 0.717) is 21.8 Å². The fourth-order valence-corrected chi connectivity index (χ4v) is 3.78. The number of hydrogen-bond acceptors (Lipinski definition) is 6. The highest BCUT2D eigenvalue weighted by Gasteiger charge is 2.19. The Morgan fingerprint density at radius 1 is 1.30 bits per heavy atom. The number of fused-ring (bicyclic) bond motifs is 1. The molecule has 7 nitrogen and oxygen atoms in total. The predicted molar refractivity (Wildman–Crippen MR) is 107 cm³/mol. The third-order valence-corrected chi connectivity index (χ3v) is 5.29. The van der Waals surface area contributed by atoms with Crippen LogP contribution in [0.15, 0.2) is 56.3 Å². The normalized spacial score (nSPS) is 11.0. The summed E-state index contributed by atoms with van der Waals surface area (Å²) in [6.07, 6.45) is 1.53. The summed E-state index contributed by atoms with van der Waals surface area (Å²) in [5.74, 6) is 0.161. The maximum Gasteiger partial charge on any atom is 0.294 e. The Hall–Kier alpha value is -2.78. The summed E-state index contributed by atoms with van der Waals surface area (Å²) >= 11 is 4.71. The number of carbonyl (C=O) groups excluding carboxylic acids is 1. The average molecular weight is 445 g/mol. The van der Waals surface area contributed by atoms with Gasteiger partial charge in [-0.3, -0.25) is 9.59 Å². The van der Waals surface area contributed by atoms with E-state index in [2.05, 4.69) is 31.3 Å². The SMILES string of the molecule is Cc1nc2c(=O)n(CC(=O)Nc3ccc(Br)cc3)nc(-c3ccco3)c2s1. The predicted octanol–water partition coefficient (Wildman–Crippen LogP) is 3.82. The molecule has 0 radical (unpaired) electrons. The zero-order valence-electron chi connectivity index (χ0n) is 14.1. The van der Waals surface area contributed by atoms with Crippen molar-refractivity contribution in [2.24, 2.45) is 0 Å². The van der Waals surface area contributed by atoms with Crippen LogP contribution in [0.1, 0.15) is 5.01 Å². The number of halogens is 1. The van der Waals surface area contributed by atoms with Crippen LogP contribution in [-0.2, 0) is 11.3 Å². The van der Waals surface area contributed by atoms with Crippen molar-refractivity contribution in [2.45, 2.75) is 13.5 Å². The molecular formula is C18H13BrN4O3S. The van der Waals surface area contributed by atoms with Gasteiger partial charge in [-0.15, -0.1) is 11.3 Å². The Kier molecular flexibility index (Phi) is 4.63. The van der Waals surface area contributed by atoms with E-state index in [1.165, 1.54) is 17.6 Å². The molecule has 0 unspecified atom stereocenters. The Morgan fingerprint density at radius 2 is 2.07 bits per heavy atom. The molecule has 0 atom stereocenters. The molecule has 4 aromatic rings. The lowest BCUT2D eigenvalue weighted by molar-refractivity contribution is -0.117. The molecule has 0 aliphatic carbocycles. The van der Waals surface area contributed by atoms with E-state index in [4.69, 9.17) is 4.42 Å². The van der Waals surface area contributed by atoms with Crippen molar-refractivity contribution in [1.29, 1.82) is 0 Å². The molecule has 9 heteroatoms. The van der Waals surface area contributed by atoms with Gasteiger partial charge in [0.2, 0.25) is 5.91 Å². The molecule has 0 spiro atoms. The molecule has 0 fully saturated rings. The van der Waals surface area contributed by atoms with E-state index in [1.54, 1.807) is 24.3 Å². The van der Waals surface area contributed by atoms with Crippen molar-refractivity contribution in [2.75, 3.05) is 5.32 Å². The molecule has 0 aliphatic heterocycles. The smallest absolute Gasteiger partial charge is 0.294 e. The van der Waals surface area contributed by atoms with Crippen molar-refractivity contribution >= 4 is 49.1 Å². The number of carbonyl (C=O) groups is 1. The number of amides is 1. The van der Waals surface area contributed by atoms with Crippen LogP contribution in [0, 0.1) is 6.92 Å². The maximum atomic E-state index is 12.7. The van der Waals surface area contributed by atoms with Crippen LogP contribution in [0.3, 0.4) is 0 Å². The number of furan rings is 1. The van der Waals surface area contributed by atoms with Crippen LogP contribution < -0.4 is 10.9 Å². The molecule has 3 heterocycles. The number of anilines is 1. The fraction of sp³-hybridized carbons (Fsp3) is 0.111. The molecule has 1 amide bonds. The van der Waals surface area contributed by atoms with Crippen LogP contribution in [0.5, 0.6) is 0 Å². The van der Waals surface area contributed by atoms with Gasteiger partial charge in [-0.1, -0.05) is 15.9 Å². The lowest BCUT2D eigenvalue weighted by atomic mass is 10.3. The Bertz CT molecular complexity index is 1180. The quantitative estimate of drug-likeness (QED) is 0.516. The van der Waals surface area contributed by atoms with Gasteiger partial charge in [0.05, 0.1) is 16.0 Å². The molecule has 4 rings (SSSR count). The Morgan fingerprint density at radius 3 is 2.78 bits per heavy atom. The fourth-order valence-electron chi connectivity index (χ4n) is 2.62. The third kappa shape index (κ3) is 3.56. The Labute approximate surface area is 165 Å². The minimum Gasteiger partial charge on any atom is -0.463 e. The standard InChI is InChI=1S/C18H13BrN4O3S/c1-10-20-16-17(27-10)15(13-3-2-8-26-13)22-23(18(16)25)9-14(24)21-12-6-4-11(19)5-7-12/h2-8H,9H2,1H3,(H,21,24). The average Bonchev–Trinajstić information content (AvgIpc) is 3.29. The van der Waals surface area contributed by atoms with E-state index in [0.717, 1.165) is 14.2 Å². The van der Waals surface area contributed by atoms with E-state index in [9.17, 15) is 9.59 Å². The molecule has 1 aromatic carbocycles. The van der Waals surface area contributed by atoms with Crippen molar-refractivity contribution in [1.82, 2.24) is 14.8 Å². The van der Waals surface area contributed by atoms with Crippen LogP contribution in [-0.4, -0.2) is 20.7 Å². The summed E-state index contributed by atoms with van der Waals surface area (Å²) < 4.78 is 8.12. The second kappa shape index (κ2) is 7.09. The minimum absolute atomic E-state index is 0.227. The van der Waals surface area contributed by atoms with Gasteiger partial charge in [-0.25, -0.2) is 9.67 Å². The molecular weight excluding hydrogens is 432 g/mol. The van der Waals surface area contributed by atoms with Gasteiger partial charge in [0.1, 0.15) is 12.2 Å². The number of thiazole rings is 1. The molecule has 0 saturated carbocycles. The lowest BCUT2D eigenvalue weighted by Crippen LogP contribution is -2.30. The molecule has 0 saturated heterocycles. The molecule has 27 heavy (non-hydrogen) atoms. The number of benzene rings is 1. The van der Waals surface area contributed by atoms with Gasteiger partial charge in [-0.2, -0.15) is 5.10 Å². The van der Waals surface area contributed by atoms with Crippen molar-refractivity contribution in [3.05, 3.63) is 62.5 Å². The first-order valence-electron chi connectivity index (χ1n) is 7.99. The van der Waals surface area contributed by atoms with Gasteiger partial charge in [0, 0.05) is 10.2 Å². The summed E-state index contributed by atoms with van der Waals surface area (Å²) in [6, 6.07) is 10.7. The van der Waals surface area contributed by atoms with Crippen LogP contribution in [0.4, 0.5) is 5.69 Å². The van der Waals surface area contributed by atoms with Gasteiger partial charge < -0.3 is 9.73 Å². The van der Waals surface area contributed by atoms with Crippen molar-refractivity contribution in [3.8, 4) is 11.5 Å². The molecule has 0 bridgehead atoms.